The summed E-state index contributed by atoms with van der Waals surface area (Å²) in [5, 5.41) is 7.18. The van der Waals surface area contributed by atoms with Gasteiger partial charge >= 0.3 is 0 Å². The van der Waals surface area contributed by atoms with Crippen molar-refractivity contribution in [2.75, 3.05) is 6.61 Å². The molecule has 1 aliphatic carbocycles. The van der Waals surface area contributed by atoms with Gasteiger partial charge in [-0.25, -0.2) is 0 Å². The molecule has 3 N–H and O–H groups in total. The quantitative estimate of drug-likeness (QED) is 0.901. The molecule has 0 radical (unpaired) electrons. The maximum Gasteiger partial charge on any atom is 0.241 e. The average molecular weight is 308 g/mol. The fraction of sp³-hybridized carbons (Fsp3) is 0.688. The van der Waals surface area contributed by atoms with Gasteiger partial charge in [-0.1, -0.05) is 13.8 Å². The number of amides is 1. The van der Waals surface area contributed by atoms with Crippen LogP contribution in [0.4, 0.5) is 0 Å². The topological polar surface area (TPSA) is 64.4 Å². The van der Waals surface area contributed by atoms with Gasteiger partial charge in [0.2, 0.25) is 5.91 Å². The molecule has 0 bridgehead atoms. The van der Waals surface area contributed by atoms with Crippen LogP contribution in [0.25, 0.3) is 0 Å². The fourth-order valence-corrected chi connectivity index (χ4v) is 4.71. The Labute approximate surface area is 130 Å². The van der Waals surface area contributed by atoms with Crippen molar-refractivity contribution in [2.45, 2.75) is 51.3 Å². The molecule has 4 atom stereocenters. The zero-order chi connectivity index (χ0) is 15.3. The van der Waals surface area contributed by atoms with Gasteiger partial charge in [0, 0.05) is 17.9 Å². The van der Waals surface area contributed by atoms with Crippen LogP contribution in [-0.4, -0.2) is 24.2 Å². The van der Waals surface area contributed by atoms with E-state index < -0.39 is 5.54 Å². The molecular formula is C16H24N2O2S. The molecule has 1 saturated carbocycles. The van der Waals surface area contributed by atoms with Crippen LogP contribution in [0, 0.1) is 11.3 Å². The molecule has 2 fully saturated rings. The first-order chi connectivity index (χ1) is 9.89. The highest BCUT2D eigenvalue weighted by atomic mass is 32.1. The second-order valence-electron chi connectivity index (χ2n) is 6.88. The summed E-state index contributed by atoms with van der Waals surface area (Å²) in [6, 6.07) is 2.03. The number of carbonyl (C=O) groups excluding carboxylic acids is 1. The van der Waals surface area contributed by atoms with Gasteiger partial charge in [-0.05, 0) is 42.2 Å². The smallest absolute Gasteiger partial charge is 0.241 e. The highest BCUT2D eigenvalue weighted by Gasteiger charge is 2.70. The monoisotopic (exact) mass is 308 g/mol. The summed E-state index contributed by atoms with van der Waals surface area (Å²) < 4.78 is 5.86. The summed E-state index contributed by atoms with van der Waals surface area (Å²) in [7, 11) is 0. The summed E-state index contributed by atoms with van der Waals surface area (Å²) in [4.78, 5) is 12.8. The molecule has 0 aromatic carbocycles. The number of thiophene rings is 1. The summed E-state index contributed by atoms with van der Waals surface area (Å²) in [5.41, 5.74) is 6.57. The molecule has 116 valence electrons. The van der Waals surface area contributed by atoms with Crippen molar-refractivity contribution in [1.82, 2.24) is 5.32 Å². The van der Waals surface area contributed by atoms with Crippen molar-refractivity contribution in [1.29, 1.82) is 0 Å². The normalized spacial score (nSPS) is 35.4. The van der Waals surface area contributed by atoms with Crippen molar-refractivity contribution in [3.05, 3.63) is 22.4 Å². The molecule has 1 amide bonds. The second-order valence-corrected chi connectivity index (χ2v) is 7.66. The summed E-state index contributed by atoms with van der Waals surface area (Å²) in [5.74, 6) is 0.0916. The van der Waals surface area contributed by atoms with Crippen molar-refractivity contribution in [3.63, 3.8) is 0 Å². The third-order valence-electron chi connectivity index (χ3n) is 5.45. The van der Waals surface area contributed by atoms with Crippen LogP contribution < -0.4 is 11.1 Å². The number of nitrogens with two attached hydrogens (primary N) is 1. The first-order valence-corrected chi connectivity index (χ1v) is 8.57. The molecule has 1 aliphatic heterocycles. The summed E-state index contributed by atoms with van der Waals surface area (Å²) in [6.45, 7) is 6.89. The number of nitrogens with one attached hydrogen (secondary N) is 1. The maximum atomic E-state index is 12.8. The van der Waals surface area contributed by atoms with E-state index in [-0.39, 0.29) is 29.4 Å². The van der Waals surface area contributed by atoms with Crippen molar-refractivity contribution in [3.8, 4) is 0 Å². The molecule has 0 spiro atoms. The average Bonchev–Trinajstić information content (AvgIpc) is 3.00. The number of hydrogen-bond acceptors (Lipinski definition) is 4. The van der Waals surface area contributed by atoms with E-state index in [0.29, 0.717) is 0 Å². The summed E-state index contributed by atoms with van der Waals surface area (Å²) in [6.07, 6.45) is 2.08. The molecule has 5 heteroatoms. The van der Waals surface area contributed by atoms with Crippen LogP contribution in [0.15, 0.2) is 16.8 Å². The van der Waals surface area contributed by atoms with Crippen molar-refractivity contribution >= 4 is 17.2 Å². The van der Waals surface area contributed by atoms with E-state index in [2.05, 4.69) is 10.7 Å². The van der Waals surface area contributed by atoms with Crippen molar-refractivity contribution in [2.24, 2.45) is 17.1 Å². The van der Waals surface area contributed by atoms with Gasteiger partial charge in [0.25, 0.3) is 0 Å². The second kappa shape index (κ2) is 5.07. The molecule has 1 aromatic rings. The SMILES string of the molecule is CC(NC(=O)C1(N)C2CCCOC2C1(C)C)c1ccsc1. The van der Waals surface area contributed by atoms with E-state index in [4.69, 9.17) is 10.5 Å². The Morgan fingerprint density at radius 2 is 2.33 bits per heavy atom. The minimum Gasteiger partial charge on any atom is -0.377 e. The Morgan fingerprint density at radius 3 is 3.00 bits per heavy atom. The number of rotatable bonds is 3. The lowest BCUT2D eigenvalue weighted by molar-refractivity contribution is -0.225. The highest BCUT2D eigenvalue weighted by molar-refractivity contribution is 7.07. The third kappa shape index (κ3) is 2.05. The van der Waals surface area contributed by atoms with Gasteiger partial charge in [-0.3, -0.25) is 4.79 Å². The minimum absolute atomic E-state index is 0.0106. The predicted molar refractivity (Wildman–Crippen MR) is 84.0 cm³/mol. The van der Waals surface area contributed by atoms with E-state index in [9.17, 15) is 4.79 Å². The largest absolute Gasteiger partial charge is 0.377 e. The Morgan fingerprint density at radius 1 is 1.57 bits per heavy atom. The number of ether oxygens (including phenoxy) is 1. The lowest BCUT2D eigenvalue weighted by Gasteiger charge is -2.65. The minimum atomic E-state index is -0.831. The first kappa shape index (κ1) is 15.0. The molecule has 1 saturated heterocycles. The third-order valence-corrected chi connectivity index (χ3v) is 6.15. The Balaban J connectivity index is 1.77. The molecule has 2 heterocycles. The van der Waals surface area contributed by atoms with Gasteiger partial charge in [-0.15, -0.1) is 0 Å². The van der Waals surface area contributed by atoms with Gasteiger partial charge in [-0.2, -0.15) is 11.3 Å². The molecule has 21 heavy (non-hydrogen) atoms. The van der Waals surface area contributed by atoms with Crippen molar-refractivity contribution < 1.29 is 9.53 Å². The van der Waals surface area contributed by atoms with Crippen LogP contribution in [0.2, 0.25) is 0 Å². The van der Waals surface area contributed by atoms with Gasteiger partial charge in [0.05, 0.1) is 12.1 Å². The van der Waals surface area contributed by atoms with Crippen LogP contribution in [0.1, 0.15) is 45.2 Å². The van der Waals surface area contributed by atoms with E-state index >= 15 is 0 Å². The fourth-order valence-electron chi connectivity index (χ4n) is 3.96. The van der Waals surface area contributed by atoms with Gasteiger partial charge < -0.3 is 15.8 Å². The lowest BCUT2D eigenvalue weighted by Crippen LogP contribution is -2.82. The van der Waals surface area contributed by atoms with Gasteiger partial charge in [0.15, 0.2) is 0 Å². The molecule has 4 nitrogen and oxygen atoms in total. The van der Waals surface area contributed by atoms with Crippen LogP contribution in [0.5, 0.6) is 0 Å². The number of hydrogen-bond donors (Lipinski definition) is 2. The Bertz CT molecular complexity index is 528. The van der Waals surface area contributed by atoms with E-state index in [1.165, 1.54) is 0 Å². The van der Waals surface area contributed by atoms with Crippen LogP contribution in [0.3, 0.4) is 0 Å². The lowest BCUT2D eigenvalue weighted by atomic mass is 9.46. The van der Waals surface area contributed by atoms with Gasteiger partial charge in [0.1, 0.15) is 5.54 Å². The zero-order valence-corrected chi connectivity index (χ0v) is 13.7. The van der Waals surface area contributed by atoms with E-state index in [1.807, 2.05) is 32.2 Å². The number of carbonyl (C=O) groups is 1. The Hall–Kier alpha value is -0.910. The zero-order valence-electron chi connectivity index (χ0n) is 12.9. The summed E-state index contributed by atoms with van der Waals surface area (Å²) >= 11 is 1.64. The highest BCUT2D eigenvalue weighted by Crippen LogP contribution is 2.57. The predicted octanol–water partition coefficient (Wildman–Crippen LogP) is 2.46. The molecule has 1 aromatic heterocycles. The van der Waals surface area contributed by atoms with Crippen LogP contribution >= 0.6 is 11.3 Å². The molecular weight excluding hydrogens is 284 g/mol. The number of fused-ring (bicyclic) bond motifs is 1. The van der Waals surface area contributed by atoms with Crippen LogP contribution in [-0.2, 0) is 9.53 Å². The maximum absolute atomic E-state index is 12.8. The van der Waals surface area contributed by atoms with E-state index in [1.54, 1.807) is 11.3 Å². The standard InChI is InChI=1S/C16H24N2O2S/c1-10(11-6-8-21-9-11)18-14(19)16(17)12-5-4-7-20-13(12)15(16,2)3/h6,8-10,12-13H,4-5,7,17H2,1-3H3,(H,18,19). The molecule has 2 aliphatic rings. The Kier molecular flexibility index (Phi) is 3.62. The first-order valence-electron chi connectivity index (χ1n) is 7.62. The molecule has 4 unspecified atom stereocenters. The molecule has 3 rings (SSSR count). The van der Waals surface area contributed by atoms with E-state index in [0.717, 1.165) is 25.0 Å².